The van der Waals surface area contributed by atoms with E-state index < -0.39 is 0 Å². The van der Waals surface area contributed by atoms with Gasteiger partial charge in [-0.3, -0.25) is 9.69 Å². The molecular formula is C19H22FN3O2. The summed E-state index contributed by atoms with van der Waals surface area (Å²) >= 11 is 0. The first-order chi connectivity index (χ1) is 12.1. The Morgan fingerprint density at radius 2 is 1.96 bits per heavy atom. The molecule has 0 aromatic heterocycles. The van der Waals surface area contributed by atoms with Crippen molar-refractivity contribution in [2.75, 3.05) is 38.6 Å². The number of amides is 1. The highest BCUT2D eigenvalue weighted by molar-refractivity contribution is 5.99. The summed E-state index contributed by atoms with van der Waals surface area (Å²) < 4.78 is 19.1. The summed E-state index contributed by atoms with van der Waals surface area (Å²) in [5.41, 5.74) is 7.59. The normalized spacial score (nSPS) is 16.4. The second kappa shape index (κ2) is 8.09. The molecule has 1 fully saturated rings. The van der Waals surface area contributed by atoms with E-state index in [1.54, 1.807) is 30.3 Å². The Morgan fingerprint density at radius 1 is 1.20 bits per heavy atom. The van der Waals surface area contributed by atoms with Crippen LogP contribution >= 0.6 is 0 Å². The summed E-state index contributed by atoms with van der Waals surface area (Å²) in [6.07, 6.45) is 0. The number of nitrogens with one attached hydrogen (secondary N) is 1. The summed E-state index contributed by atoms with van der Waals surface area (Å²) in [6, 6.07) is 13.3. The molecule has 2 aromatic rings. The van der Waals surface area contributed by atoms with Gasteiger partial charge in [0.25, 0.3) is 5.91 Å². The molecule has 132 valence electrons. The molecule has 3 rings (SSSR count). The molecule has 1 unspecified atom stereocenters. The average Bonchev–Trinajstić information content (AvgIpc) is 2.63. The molecule has 1 aliphatic heterocycles. The fraction of sp³-hybridized carbons (Fsp3) is 0.316. The number of carbonyl (C=O) groups excluding carboxylic acids is 1. The van der Waals surface area contributed by atoms with Gasteiger partial charge in [-0.15, -0.1) is 0 Å². The quantitative estimate of drug-likeness (QED) is 0.817. The Labute approximate surface area is 146 Å². The number of benzene rings is 2. The number of para-hydroxylation sites is 1. The Kier molecular flexibility index (Phi) is 5.63. The van der Waals surface area contributed by atoms with E-state index in [2.05, 4.69) is 10.2 Å². The molecule has 6 heteroatoms. The molecular weight excluding hydrogens is 321 g/mol. The molecule has 1 heterocycles. The number of nitrogens with two attached hydrogens (primary N) is 1. The lowest BCUT2D eigenvalue weighted by Gasteiger charge is -2.35. The molecule has 1 aliphatic rings. The molecule has 2 aromatic carbocycles. The van der Waals surface area contributed by atoms with Crippen LogP contribution in [0.25, 0.3) is 0 Å². The number of nitrogens with zero attached hydrogens (tertiary/aromatic N) is 1. The number of morpholine rings is 1. The first-order valence-electron chi connectivity index (χ1n) is 8.35. The van der Waals surface area contributed by atoms with Crippen molar-refractivity contribution in [3.8, 4) is 0 Å². The highest BCUT2D eigenvalue weighted by Gasteiger charge is 2.24. The minimum absolute atomic E-state index is 0.117. The average molecular weight is 343 g/mol. The maximum absolute atomic E-state index is 13.7. The topological polar surface area (TPSA) is 67.6 Å². The van der Waals surface area contributed by atoms with Crippen molar-refractivity contribution < 1.29 is 13.9 Å². The monoisotopic (exact) mass is 343 g/mol. The number of hydrogen-bond acceptors (Lipinski definition) is 4. The van der Waals surface area contributed by atoms with Crippen molar-refractivity contribution in [1.82, 2.24) is 10.2 Å². The molecule has 1 saturated heterocycles. The van der Waals surface area contributed by atoms with E-state index in [-0.39, 0.29) is 17.8 Å². The van der Waals surface area contributed by atoms with Crippen molar-refractivity contribution >= 4 is 11.6 Å². The number of nitrogen functional groups attached to an aromatic ring is 1. The van der Waals surface area contributed by atoms with Crippen LogP contribution in [0.4, 0.5) is 10.1 Å². The molecule has 25 heavy (non-hydrogen) atoms. The van der Waals surface area contributed by atoms with Crippen LogP contribution in [0, 0.1) is 5.82 Å². The summed E-state index contributed by atoms with van der Waals surface area (Å²) in [4.78, 5) is 14.6. The summed E-state index contributed by atoms with van der Waals surface area (Å²) in [6.45, 7) is 3.11. The highest BCUT2D eigenvalue weighted by Crippen LogP contribution is 2.22. The summed E-state index contributed by atoms with van der Waals surface area (Å²) in [5.74, 6) is -0.512. The van der Waals surface area contributed by atoms with E-state index in [1.165, 1.54) is 12.1 Å². The van der Waals surface area contributed by atoms with Crippen molar-refractivity contribution in [2.24, 2.45) is 0 Å². The van der Waals surface area contributed by atoms with E-state index in [4.69, 9.17) is 10.5 Å². The minimum atomic E-state index is -0.283. The third-order valence-electron chi connectivity index (χ3n) is 4.38. The number of carbonyl (C=O) groups is 1. The van der Waals surface area contributed by atoms with Gasteiger partial charge in [-0.1, -0.05) is 24.3 Å². The van der Waals surface area contributed by atoms with Crippen molar-refractivity contribution in [3.05, 3.63) is 65.5 Å². The molecule has 0 aliphatic carbocycles. The van der Waals surface area contributed by atoms with Crippen molar-refractivity contribution in [3.63, 3.8) is 0 Å². The number of rotatable bonds is 5. The zero-order valence-electron chi connectivity index (χ0n) is 14.0. The van der Waals surface area contributed by atoms with Crippen molar-refractivity contribution in [1.29, 1.82) is 0 Å². The van der Waals surface area contributed by atoms with Crippen LogP contribution < -0.4 is 11.1 Å². The van der Waals surface area contributed by atoms with E-state index in [1.807, 2.05) is 6.07 Å². The smallest absolute Gasteiger partial charge is 0.253 e. The molecule has 3 N–H and O–H groups in total. The fourth-order valence-electron chi connectivity index (χ4n) is 3.05. The zero-order valence-corrected chi connectivity index (χ0v) is 14.0. The van der Waals surface area contributed by atoms with Crippen LogP contribution in [0.15, 0.2) is 48.5 Å². The standard InChI is InChI=1S/C19H22FN3O2/c20-15-5-3-4-14(12-15)18(23-8-10-25-11-9-23)13-22-19(24)16-6-1-2-7-17(16)21/h1-7,12,18H,8-11,13,21H2,(H,22,24). The van der Waals surface area contributed by atoms with Gasteiger partial charge in [0.2, 0.25) is 0 Å². The molecule has 1 atom stereocenters. The maximum Gasteiger partial charge on any atom is 0.253 e. The van der Waals surface area contributed by atoms with Gasteiger partial charge in [0.15, 0.2) is 0 Å². The van der Waals surface area contributed by atoms with Gasteiger partial charge in [0.1, 0.15) is 5.82 Å². The van der Waals surface area contributed by atoms with Crippen LogP contribution in [0.5, 0.6) is 0 Å². The number of ether oxygens (including phenoxy) is 1. The van der Waals surface area contributed by atoms with Gasteiger partial charge in [0, 0.05) is 25.3 Å². The van der Waals surface area contributed by atoms with Crippen LogP contribution in [0.3, 0.4) is 0 Å². The molecule has 5 nitrogen and oxygen atoms in total. The Hall–Kier alpha value is -2.44. The molecule has 0 spiro atoms. The van der Waals surface area contributed by atoms with Crippen LogP contribution in [-0.4, -0.2) is 43.7 Å². The molecule has 1 amide bonds. The van der Waals surface area contributed by atoms with Gasteiger partial charge in [0.05, 0.1) is 24.8 Å². The van der Waals surface area contributed by atoms with E-state index in [0.717, 1.165) is 18.7 Å². The first-order valence-corrected chi connectivity index (χ1v) is 8.35. The van der Waals surface area contributed by atoms with E-state index >= 15 is 0 Å². The Balaban J connectivity index is 1.75. The van der Waals surface area contributed by atoms with Crippen LogP contribution in [0.1, 0.15) is 22.0 Å². The van der Waals surface area contributed by atoms with Crippen LogP contribution in [0.2, 0.25) is 0 Å². The second-order valence-electron chi connectivity index (χ2n) is 6.02. The number of hydrogen-bond donors (Lipinski definition) is 2. The van der Waals surface area contributed by atoms with E-state index in [0.29, 0.717) is 31.0 Å². The lowest BCUT2D eigenvalue weighted by Crippen LogP contribution is -2.43. The zero-order chi connectivity index (χ0) is 17.6. The lowest BCUT2D eigenvalue weighted by atomic mass is 10.0. The van der Waals surface area contributed by atoms with Crippen molar-refractivity contribution in [2.45, 2.75) is 6.04 Å². The van der Waals surface area contributed by atoms with Gasteiger partial charge in [-0.05, 0) is 29.8 Å². The third kappa shape index (κ3) is 4.35. The SMILES string of the molecule is Nc1ccccc1C(=O)NCC(c1cccc(F)c1)N1CCOCC1. The summed E-state index contributed by atoms with van der Waals surface area (Å²) in [5, 5.41) is 2.93. The molecule has 0 saturated carbocycles. The predicted molar refractivity (Wildman–Crippen MR) is 94.7 cm³/mol. The maximum atomic E-state index is 13.7. The van der Waals surface area contributed by atoms with Gasteiger partial charge in [-0.2, -0.15) is 0 Å². The third-order valence-corrected chi connectivity index (χ3v) is 4.38. The highest BCUT2D eigenvalue weighted by atomic mass is 19.1. The van der Waals surface area contributed by atoms with Gasteiger partial charge in [-0.25, -0.2) is 4.39 Å². The number of anilines is 1. The minimum Gasteiger partial charge on any atom is -0.398 e. The first kappa shape index (κ1) is 17.4. The molecule has 0 radical (unpaired) electrons. The Morgan fingerprint density at radius 3 is 2.68 bits per heavy atom. The lowest BCUT2D eigenvalue weighted by molar-refractivity contribution is 0.0162. The Bertz CT molecular complexity index is 732. The van der Waals surface area contributed by atoms with Gasteiger partial charge < -0.3 is 15.8 Å². The summed E-state index contributed by atoms with van der Waals surface area (Å²) in [7, 11) is 0. The van der Waals surface area contributed by atoms with Gasteiger partial charge >= 0.3 is 0 Å². The van der Waals surface area contributed by atoms with Crippen LogP contribution in [-0.2, 0) is 4.74 Å². The number of halogens is 1. The predicted octanol–water partition coefficient (Wildman–Crippen LogP) is 2.21. The fourth-order valence-corrected chi connectivity index (χ4v) is 3.05. The largest absolute Gasteiger partial charge is 0.398 e. The molecule has 0 bridgehead atoms. The van der Waals surface area contributed by atoms with E-state index in [9.17, 15) is 9.18 Å². The second-order valence-corrected chi connectivity index (χ2v) is 6.02.